The third-order valence-electron chi connectivity index (χ3n) is 4.85. The van der Waals surface area contributed by atoms with Crippen LogP contribution < -0.4 is 0 Å². The first-order valence-electron chi connectivity index (χ1n) is 7.59. The Kier molecular flexibility index (Phi) is 4.87. The Balaban J connectivity index is 1.83. The van der Waals surface area contributed by atoms with Gasteiger partial charge in [-0.1, -0.05) is 26.2 Å². The Bertz CT molecular complexity index is 221. The van der Waals surface area contributed by atoms with E-state index in [9.17, 15) is 5.11 Å². The molecule has 0 spiro atoms. The number of aliphatic hydroxyl groups is 1. The van der Waals surface area contributed by atoms with Crippen molar-refractivity contribution in [2.45, 2.75) is 70.9 Å². The molecular weight excluding hydrogens is 210 g/mol. The molecule has 2 aliphatic rings. The molecule has 1 saturated heterocycles. The quantitative estimate of drug-likeness (QED) is 0.818. The van der Waals surface area contributed by atoms with Crippen LogP contribution in [0.25, 0.3) is 0 Å². The average Bonchev–Trinajstić information content (AvgIpc) is 2.32. The fourth-order valence-corrected chi connectivity index (χ4v) is 3.63. The second-order valence-corrected chi connectivity index (χ2v) is 6.42. The van der Waals surface area contributed by atoms with Crippen LogP contribution in [0.5, 0.6) is 0 Å². The van der Waals surface area contributed by atoms with Crippen LogP contribution in [0.1, 0.15) is 58.8 Å². The summed E-state index contributed by atoms with van der Waals surface area (Å²) in [5, 5.41) is 9.88. The summed E-state index contributed by atoms with van der Waals surface area (Å²) in [6, 6.07) is 0.433. The van der Waals surface area contributed by atoms with E-state index in [0.29, 0.717) is 6.04 Å². The molecule has 0 aromatic rings. The van der Waals surface area contributed by atoms with Crippen molar-refractivity contribution in [3.8, 4) is 0 Å². The van der Waals surface area contributed by atoms with Gasteiger partial charge in [-0.3, -0.25) is 4.90 Å². The monoisotopic (exact) mass is 239 g/mol. The maximum atomic E-state index is 9.88. The molecule has 0 amide bonds. The molecule has 1 heterocycles. The highest BCUT2D eigenvalue weighted by Crippen LogP contribution is 2.30. The molecule has 2 rings (SSSR count). The molecule has 1 saturated carbocycles. The van der Waals surface area contributed by atoms with E-state index in [1.165, 1.54) is 58.0 Å². The zero-order chi connectivity index (χ0) is 12.3. The molecule has 0 radical (unpaired) electrons. The van der Waals surface area contributed by atoms with E-state index in [4.69, 9.17) is 0 Å². The van der Waals surface area contributed by atoms with Gasteiger partial charge in [-0.2, -0.15) is 0 Å². The normalized spacial score (nSPS) is 37.9. The van der Waals surface area contributed by atoms with E-state index in [1.807, 2.05) is 6.92 Å². The molecule has 1 N–H and O–H groups in total. The smallest absolute Gasteiger partial charge is 0.0667 e. The van der Waals surface area contributed by atoms with Crippen molar-refractivity contribution in [1.82, 2.24) is 4.90 Å². The number of hydrogen-bond acceptors (Lipinski definition) is 2. The minimum atomic E-state index is -0.155. The van der Waals surface area contributed by atoms with Crippen molar-refractivity contribution in [3.05, 3.63) is 0 Å². The van der Waals surface area contributed by atoms with Crippen molar-refractivity contribution in [2.75, 3.05) is 13.1 Å². The Morgan fingerprint density at radius 3 is 2.47 bits per heavy atom. The Labute approximate surface area is 106 Å². The Morgan fingerprint density at radius 1 is 1.12 bits per heavy atom. The first-order chi connectivity index (χ1) is 8.16. The molecular formula is C15H29NO. The summed E-state index contributed by atoms with van der Waals surface area (Å²) in [6.45, 7) is 6.80. The van der Waals surface area contributed by atoms with E-state index in [0.717, 1.165) is 11.8 Å². The lowest BCUT2D eigenvalue weighted by Gasteiger charge is -2.40. The molecule has 1 aliphatic carbocycles. The second kappa shape index (κ2) is 6.19. The summed E-state index contributed by atoms with van der Waals surface area (Å²) >= 11 is 0. The zero-order valence-corrected chi connectivity index (χ0v) is 11.6. The summed E-state index contributed by atoms with van der Waals surface area (Å²) in [6.07, 6.45) is 9.31. The minimum absolute atomic E-state index is 0.155. The van der Waals surface area contributed by atoms with Crippen molar-refractivity contribution in [3.63, 3.8) is 0 Å². The van der Waals surface area contributed by atoms with Crippen LogP contribution in [0.15, 0.2) is 0 Å². The van der Waals surface area contributed by atoms with Crippen LogP contribution in [0.3, 0.4) is 0 Å². The number of hydrogen-bond donors (Lipinski definition) is 1. The lowest BCUT2D eigenvalue weighted by atomic mass is 9.82. The molecule has 2 heteroatoms. The van der Waals surface area contributed by atoms with Crippen LogP contribution in [0.2, 0.25) is 0 Å². The largest absolute Gasteiger partial charge is 0.392 e. The number of nitrogens with zero attached hydrogens (tertiary/aromatic N) is 1. The van der Waals surface area contributed by atoms with Crippen molar-refractivity contribution < 1.29 is 5.11 Å². The maximum Gasteiger partial charge on any atom is 0.0667 e. The van der Waals surface area contributed by atoms with Crippen LogP contribution >= 0.6 is 0 Å². The van der Waals surface area contributed by atoms with Gasteiger partial charge in [0, 0.05) is 12.6 Å². The van der Waals surface area contributed by atoms with Gasteiger partial charge < -0.3 is 5.11 Å². The summed E-state index contributed by atoms with van der Waals surface area (Å²) in [7, 11) is 0. The standard InChI is InChI=1S/C15H29NO/c1-12-6-8-14(9-7-12)11-16-10-4-3-5-15(16)13(2)17/h12-15,17H,3-11H2,1-2H3/t12?,13-,14?,15-/m1/s1. The van der Waals surface area contributed by atoms with Crippen molar-refractivity contribution >= 4 is 0 Å². The highest BCUT2D eigenvalue weighted by Gasteiger charge is 2.29. The third-order valence-corrected chi connectivity index (χ3v) is 4.85. The van der Waals surface area contributed by atoms with Crippen LogP contribution in [0, 0.1) is 11.8 Å². The topological polar surface area (TPSA) is 23.5 Å². The lowest BCUT2D eigenvalue weighted by Crippen LogP contribution is -2.47. The molecule has 0 unspecified atom stereocenters. The van der Waals surface area contributed by atoms with Crippen LogP contribution in [0.4, 0.5) is 0 Å². The first-order valence-corrected chi connectivity index (χ1v) is 7.59. The summed E-state index contributed by atoms with van der Waals surface area (Å²) in [4.78, 5) is 2.58. The van der Waals surface area contributed by atoms with Gasteiger partial charge in [0.05, 0.1) is 6.10 Å². The second-order valence-electron chi connectivity index (χ2n) is 6.42. The lowest BCUT2D eigenvalue weighted by molar-refractivity contribution is 0.0222. The van der Waals surface area contributed by atoms with Crippen LogP contribution in [-0.4, -0.2) is 35.2 Å². The summed E-state index contributed by atoms with van der Waals surface area (Å²) < 4.78 is 0. The molecule has 0 aromatic carbocycles. The van der Waals surface area contributed by atoms with E-state index in [-0.39, 0.29) is 6.10 Å². The maximum absolute atomic E-state index is 9.88. The predicted molar refractivity (Wildman–Crippen MR) is 72.0 cm³/mol. The molecule has 100 valence electrons. The fourth-order valence-electron chi connectivity index (χ4n) is 3.63. The van der Waals surface area contributed by atoms with Gasteiger partial charge in [-0.15, -0.1) is 0 Å². The molecule has 0 bridgehead atoms. The molecule has 2 fully saturated rings. The number of aliphatic hydroxyl groups excluding tert-OH is 1. The first kappa shape index (κ1) is 13.4. The fraction of sp³-hybridized carbons (Fsp3) is 1.00. The van der Waals surface area contributed by atoms with Gasteiger partial charge in [0.1, 0.15) is 0 Å². The summed E-state index contributed by atoms with van der Waals surface area (Å²) in [5.41, 5.74) is 0. The molecule has 2 nitrogen and oxygen atoms in total. The molecule has 17 heavy (non-hydrogen) atoms. The van der Waals surface area contributed by atoms with Gasteiger partial charge in [-0.05, 0) is 51.0 Å². The van der Waals surface area contributed by atoms with Gasteiger partial charge >= 0.3 is 0 Å². The van der Waals surface area contributed by atoms with E-state index in [1.54, 1.807) is 0 Å². The minimum Gasteiger partial charge on any atom is -0.392 e. The zero-order valence-electron chi connectivity index (χ0n) is 11.6. The van der Waals surface area contributed by atoms with E-state index < -0.39 is 0 Å². The van der Waals surface area contributed by atoms with Crippen molar-refractivity contribution in [1.29, 1.82) is 0 Å². The highest BCUT2D eigenvalue weighted by molar-refractivity contribution is 4.83. The summed E-state index contributed by atoms with van der Waals surface area (Å²) in [5.74, 6) is 1.84. The Hall–Kier alpha value is -0.0800. The average molecular weight is 239 g/mol. The molecule has 1 aliphatic heterocycles. The predicted octanol–water partition coefficient (Wildman–Crippen LogP) is 3.05. The van der Waals surface area contributed by atoms with Gasteiger partial charge in [0.2, 0.25) is 0 Å². The van der Waals surface area contributed by atoms with E-state index >= 15 is 0 Å². The number of rotatable bonds is 3. The van der Waals surface area contributed by atoms with Gasteiger partial charge in [-0.25, -0.2) is 0 Å². The molecule has 2 atom stereocenters. The number of likely N-dealkylation sites (tertiary alicyclic amines) is 1. The Morgan fingerprint density at radius 2 is 1.82 bits per heavy atom. The highest BCUT2D eigenvalue weighted by atomic mass is 16.3. The number of piperidine rings is 1. The van der Waals surface area contributed by atoms with Crippen molar-refractivity contribution in [2.24, 2.45) is 11.8 Å². The SMILES string of the molecule is CC1CCC(CN2CCCC[C@@H]2[C@@H](C)O)CC1. The van der Waals surface area contributed by atoms with E-state index in [2.05, 4.69) is 11.8 Å². The van der Waals surface area contributed by atoms with Crippen LogP contribution in [-0.2, 0) is 0 Å². The van der Waals surface area contributed by atoms with Gasteiger partial charge in [0.15, 0.2) is 0 Å². The third kappa shape index (κ3) is 3.69. The molecule has 0 aromatic heterocycles. The van der Waals surface area contributed by atoms with Gasteiger partial charge in [0.25, 0.3) is 0 Å².